The molecule has 1 atom stereocenters. The highest BCUT2D eigenvalue weighted by atomic mass is 16.5. The van der Waals surface area contributed by atoms with Gasteiger partial charge in [-0.2, -0.15) is 5.10 Å². The van der Waals surface area contributed by atoms with Crippen molar-refractivity contribution in [2.75, 3.05) is 7.11 Å². The predicted octanol–water partition coefficient (Wildman–Crippen LogP) is 4.82. The monoisotopic (exact) mass is 370 g/mol. The Bertz CT molecular complexity index is 1120. The van der Waals surface area contributed by atoms with Gasteiger partial charge in [0, 0.05) is 42.0 Å². The molecular formula is C23H22N4O. The standard InChI is InChI=1S/C23H22N4O/c1-28-16-8-9-18-17(10-12-25-21(18)14-16)19-6-3-5-13-27-23(19)15-22(26-27)20-7-2-4-11-24-20/h2,4,7-12,14-15,19H,3,5-6,13H2,1H3. The number of hydrogen-bond donors (Lipinski definition) is 0. The molecule has 5 nitrogen and oxygen atoms in total. The van der Waals surface area contributed by atoms with Crippen molar-refractivity contribution in [1.29, 1.82) is 0 Å². The van der Waals surface area contributed by atoms with E-state index >= 15 is 0 Å². The van der Waals surface area contributed by atoms with Crippen LogP contribution in [-0.4, -0.2) is 26.9 Å². The van der Waals surface area contributed by atoms with Crippen LogP contribution in [-0.2, 0) is 6.54 Å². The van der Waals surface area contributed by atoms with E-state index in [9.17, 15) is 0 Å². The number of benzene rings is 1. The Morgan fingerprint density at radius 2 is 1.93 bits per heavy atom. The molecule has 4 aromatic rings. The van der Waals surface area contributed by atoms with Crippen molar-refractivity contribution in [1.82, 2.24) is 19.7 Å². The van der Waals surface area contributed by atoms with Crippen molar-refractivity contribution in [3.63, 3.8) is 0 Å². The molecule has 0 saturated heterocycles. The summed E-state index contributed by atoms with van der Waals surface area (Å²) in [7, 11) is 1.69. The Morgan fingerprint density at radius 1 is 0.964 bits per heavy atom. The fourth-order valence-electron chi connectivity index (χ4n) is 4.18. The second kappa shape index (κ2) is 7.08. The van der Waals surface area contributed by atoms with E-state index in [-0.39, 0.29) is 0 Å². The summed E-state index contributed by atoms with van der Waals surface area (Å²) in [5, 5.41) is 6.07. The molecule has 0 N–H and O–H groups in total. The van der Waals surface area contributed by atoms with Gasteiger partial charge in [-0.15, -0.1) is 0 Å². The molecule has 1 aromatic carbocycles. The highest BCUT2D eigenvalue weighted by Gasteiger charge is 2.25. The van der Waals surface area contributed by atoms with Gasteiger partial charge in [0.1, 0.15) is 11.4 Å². The minimum absolute atomic E-state index is 0.298. The van der Waals surface area contributed by atoms with Gasteiger partial charge in [-0.05, 0) is 54.8 Å². The van der Waals surface area contributed by atoms with Crippen molar-refractivity contribution in [3.8, 4) is 17.1 Å². The highest BCUT2D eigenvalue weighted by Crippen LogP contribution is 2.38. The molecule has 1 unspecified atom stereocenters. The van der Waals surface area contributed by atoms with Crippen molar-refractivity contribution in [2.24, 2.45) is 0 Å². The summed E-state index contributed by atoms with van der Waals surface area (Å²) >= 11 is 0. The molecule has 28 heavy (non-hydrogen) atoms. The lowest BCUT2D eigenvalue weighted by atomic mass is 9.89. The molecule has 0 fully saturated rings. The van der Waals surface area contributed by atoms with Crippen LogP contribution in [0, 0.1) is 0 Å². The SMILES string of the molecule is COc1ccc2c(C3CCCCn4nc(-c5ccccn5)cc43)ccnc2c1. The second-order valence-corrected chi connectivity index (χ2v) is 7.22. The van der Waals surface area contributed by atoms with Crippen LogP contribution in [0.1, 0.15) is 36.4 Å². The molecule has 0 spiro atoms. The zero-order chi connectivity index (χ0) is 18.9. The van der Waals surface area contributed by atoms with Crippen LogP contribution in [0.2, 0.25) is 0 Å². The van der Waals surface area contributed by atoms with Crippen molar-refractivity contribution >= 4 is 10.9 Å². The number of aromatic nitrogens is 4. The van der Waals surface area contributed by atoms with Crippen molar-refractivity contribution < 1.29 is 4.74 Å². The quantitative estimate of drug-likeness (QED) is 0.519. The molecular weight excluding hydrogens is 348 g/mol. The highest BCUT2D eigenvalue weighted by molar-refractivity contribution is 5.84. The molecule has 3 aromatic heterocycles. The summed E-state index contributed by atoms with van der Waals surface area (Å²) in [5.41, 5.74) is 5.41. The van der Waals surface area contributed by atoms with E-state index < -0.39 is 0 Å². The third-order valence-corrected chi connectivity index (χ3v) is 5.57. The Hall–Kier alpha value is -3.21. The zero-order valence-corrected chi connectivity index (χ0v) is 15.9. The summed E-state index contributed by atoms with van der Waals surface area (Å²) in [4.78, 5) is 9.05. The van der Waals surface area contributed by atoms with Gasteiger partial charge in [-0.3, -0.25) is 14.6 Å². The summed E-state index contributed by atoms with van der Waals surface area (Å²) in [6.07, 6.45) is 7.17. The second-order valence-electron chi connectivity index (χ2n) is 7.22. The van der Waals surface area contributed by atoms with Gasteiger partial charge in [0.25, 0.3) is 0 Å². The van der Waals surface area contributed by atoms with Gasteiger partial charge < -0.3 is 4.74 Å². The third kappa shape index (κ3) is 2.93. The van der Waals surface area contributed by atoms with E-state index in [1.165, 1.54) is 23.1 Å². The lowest BCUT2D eigenvalue weighted by Crippen LogP contribution is -2.08. The third-order valence-electron chi connectivity index (χ3n) is 5.57. The maximum absolute atomic E-state index is 5.38. The number of aryl methyl sites for hydroxylation is 1. The van der Waals surface area contributed by atoms with Crippen molar-refractivity contribution in [3.05, 3.63) is 72.2 Å². The van der Waals surface area contributed by atoms with E-state index in [0.717, 1.165) is 42.0 Å². The molecule has 1 aliphatic rings. The van der Waals surface area contributed by atoms with Gasteiger partial charge in [-0.25, -0.2) is 0 Å². The summed E-state index contributed by atoms with van der Waals surface area (Å²) in [6, 6.07) is 16.5. The average Bonchev–Trinajstić information content (AvgIpc) is 3.08. The maximum Gasteiger partial charge on any atom is 0.121 e. The Labute approximate surface area is 164 Å². The predicted molar refractivity (Wildman–Crippen MR) is 109 cm³/mol. The zero-order valence-electron chi connectivity index (χ0n) is 15.9. The van der Waals surface area contributed by atoms with Crippen LogP contribution >= 0.6 is 0 Å². The van der Waals surface area contributed by atoms with E-state index in [4.69, 9.17) is 9.84 Å². The Kier molecular flexibility index (Phi) is 4.28. The van der Waals surface area contributed by atoms with Crippen molar-refractivity contribution in [2.45, 2.75) is 31.7 Å². The lowest BCUT2D eigenvalue weighted by molar-refractivity contribution is 0.415. The fourth-order valence-corrected chi connectivity index (χ4v) is 4.18. The van der Waals surface area contributed by atoms with Crippen LogP contribution in [0.4, 0.5) is 0 Å². The van der Waals surface area contributed by atoms with Gasteiger partial charge in [0.2, 0.25) is 0 Å². The number of hydrogen-bond acceptors (Lipinski definition) is 4. The number of rotatable bonds is 3. The van der Waals surface area contributed by atoms with E-state index in [0.29, 0.717) is 5.92 Å². The molecule has 0 radical (unpaired) electrons. The number of ether oxygens (including phenoxy) is 1. The minimum Gasteiger partial charge on any atom is -0.497 e. The maximum atomic E-state index is 5.38. The van der Waals surface area contributed by atoms with E-state index in [2.05, 4.69) is 32.8 Å². The molecule has 1 aliphatic heterocycles. The Morgan fingerprint density at radius 3 is 2.79 bits per heavy atom. The average molecular weight is 370 g/mol. The van der Waals surface area contributed by atoms with Crippen LogP contribution in [0.5, 0.6) is 5.75 Å². The van der Waals surface area contributed by atoms with Gasteiger partial charge >= 0.3 is 0 Å². The molecule has 0 bridgehead atoms. The number of nitrogens with zero attached hydrogens (tertiary/aromatic N) is 4. The number of methoxy groups -OCH3 is 1. The fraction of sp³-hybridized carbons (Fsp3) is 0.261. The van der Waals surface area contributed by atoms with Crippen LogP contribution < -0.4 is 4.74 Å². The first-order valence-electron chi connectivity index (χ1n) is 9.75. The molecule has 0 aliphatic carbocycles. The van der Waals surface area contributed by atoms with Gasteiger partial charge in [-0.1, -0.05) is 12.5 Å². The lowest BCUT2D eigenvalue weighted by Gasteiger charge is -2.18. The molecule has 5 heteroatoms. The first kappa shape index (κ1) is 16.9. The van der Waals surface area contributed by atoms with Gasteiger partial charge in [0.15, 0.2) is 0 Å². The number of pyridine rings is 2. The molecule has 140 valence electrons. The van der Waals surface area contributed by atoms with Gasteiger partial charge in [0.05, 0.1) is 18.3 Å². The van der Waals surface area contributed by atoms with Crippen LogP contribution in [0.15, 0.2) is 60.9 Å². The largest absolute Gasteiger partial charge is 0.497 e. The first-order valence-corrected chi connectivity index (χ1v) is 9.75. The van der Waals surface area contributed by atoms with Crippen LogP contribution in [0.25, 0.3) is 22.3 Å². The summed E-state index contributed by atoms with van der Waals surface area (Å²) in [6.45, 7) is 0.954. The normalized spacial score (nSPS) is 16.5. The van der Waals surface area contributed by atoms with Crippen LogP contribution in [0.3, 0.4) is 0 Å². The molecule has 5 rings (SSSR count). The number of fused-ring (bicyclic) bond motifs is 2. The Balaban J connectivity index is 1.64. The minimum atomic E-state index is 0.298. The summed E-state index contributed by atoms with van der Waals surface area (Å²) < 4.78 is 7.55. The molecule has 0 saturated carbocycles. The summed E-state index contributed by atoms with van der Waals surface area (Å²) in [5.74, 6) is 1.13. The smallest absolute Gasteiger partial charge is 0.121 e. The van der Waals surface area contributed by atoms with E-state index in [1.54, 1.807) is 7.11 Å². The topological polar surface area (TPSA) is 52.8 Å². The molecule has 4 heterocycles. The molecule has 0 amide bonds. The van der Waals surface area contributed by atoms with E-state index in [1.807, 2.05) is 42.7 Å². The first-order chi connectivity index (χ1) is 13.8.